The van der Waals surface area contributed by atoms with Crippen LogP contribution in [0.4, 0.5) is 0 Å². The van der Waals surface area contributed by atoms with Crippen LogP contribution in [0, 0.1) is 11.3 Å². The Labute approximate surface area is 117 Å². The molecule has 1 unspecified atom stereocenters. The highest BCUT2D eigenvalue weighted by Crippen LogP contribution is 2.29. The van der Waals surface area contributed by atoms with Crippen molar-refractivity contribution >= 4 is 5.91 Å². The van der Waals surface area contributed by atoms with Crippen molar-refractivity contribution in [2.24, 2.45) is 17.1 Å². The Balaban J connectivity index is 2.41. The molecule has 0 spiro atoms. The standard InChI is InChI=1S/C15H30N2O2/c1-3-7-15(12-16,8-4-2)14(18)17-9-5-13-6-10-19-11-13/h13H,3-12,16H2,1-2H3,(H,17,18). The molecule has 0 bridgehead atoms. The molecular weight excluding hydrogens is 240 g/mol. The molecule has 1 rings (SSSR count). The quantitative estimate of drug-likeness (QED) is 0.674. The third-order valence-electron chi connectivity index (χ3n) is 4.19. The first kappa shape index (κ1) is 16.4. The fourth-order valence-corrected chi connectivity index (χ4v) is 2.99. The number of rotatable bonds is 9. The number of amides is 1. The molecular formula is C15H30N2O2. The highest BCUT2D eigenvalue weighted by molar-refractivity contribution is 5.82. The van der Waals surface area contributed by atoms with Gasteiger partial charge in [-0.25, -0.2) is 0 Å². The first-order valence-electron chi connectivity index (χ1n) is 7.74. The average molecular weight is 270 g/mol. The van der Waals surface area contributed by atoms with Crippen LogP contribution in [-0.4, -0.2) is 32.2 Å². The van der Waals surface area contributed by atoms with Crippen LogP contribution < -0.4 is 11.1 Å². The minimum Gasteiger partial charge on any atom is -0.381 e. The van der Waals surface area contributed by atoms with E-state index in [0.717, 1.165) is 58.3 Å². The molecule has 0 aromatic heterocycles. The van der Waals surface area contributed by atoms with E-state index in [-0.39, 0.29) is 11.3 Å². The van der Waals surface area contributed by atoms with Gasteiger partial charge in [0.15, 0.2) is 0 Å². The molecule has 0 aromatic carbocycles. The number of hydrogen-bond donors (Lipinski definition) is 2. The highest BCUT2D eigenvalue weighted by atomic mass is 16.5. The van der Waals surface area contributed by atoms with E-state index in [4.69, 9.17) is 10.5 Å². The van der Waals surface area contributed by atoms with Gasteiger partial charge in [-0.15, -0.1) is 0 Å². The predicted octanol–water partition coefficient (Wildman–Crippen LogP) is 2.07. The lowest BCUT2D eigenvalue weighted by Crippen LogP contribution is -2.46. The second-order valence-electron chi connectivity index (χ2n) is 5.76. The summed E-state index contributed by atoms with van der Waals surface area (Å²) in [5.41, 5.74) is 5.54. The van der Waals surface area contributed by atoms with E-state index >= 15 is 0 Å². The fourth-order valence-electron chi connectivity index (χ4n) is 2.99. The zero-order chi connectivity index (χ0) is 14.1. The van der Waals surface area contributed by atoms with E-state index in [0.29, 0.717) is 12.5 Å². The van der Waals surface area contributed by atoms with Crippen molar-refractivity contribution in [2.75, 3.05) is 26.3 Å². The zero-order valence-corrected chi connectivity index (χ0v) is 12.5. The summed E-state index contributed by atoms with van der Waals surface area (Å²) in [5.74, 6) is 0.766. The Bertz CT molecular complexity index is 257. The van der Waals surface area contributed by atoms with E-state index in [9.17, 15) is 4.79 Å². The Kier molecular flexibility index (Phi) is 7.39. The summed E-state index contributed by atoms with van der Waals surface area (Å²) >= 11 is 0. The molecule has 1 saturated heterocycles. The molecule has 0 aliphatic carbocycles. The second-order valence-corrected chi connectivity index (χ2v) is 5.76. The molecule has 1 amide bonds. The molecule has 3 N–H and O–H groups in total. The molecule has 1 atom stereocenters. The lowest BCUT2D eigenvalue weighted by atomic mass is 9.78. The minimum absolute atomic E-state index is 0.151. The predicted molar refractivity (Wildman–Crippen MR) is 77.9 cm³/mol. The number of carbonyl (C=O) groups excluding carboxylic acids is 1. The topological polar surface area (TPSA) is 64.4 Å². The maximum atomic E-state index is 12.4. The molecule has 1 fully saturated rings. The van der Waals surface area contributed by atoms with Crippen molar-refractivity contribution in [1.82, 2.24) is 5.32 Å². The zero-order valence-electron chi connectivity index (χ0n) is 12.5. The molecule has 112 valence electrons. The SMILES string of the molecule is CCCC(CN)(CCC)C(=O)NCCC1CCOC1. The summed E-state index contributed by atoms with van der Waals surface area (Å²) in [6.07, 6.45) is 5.92. The van der Waals surface area contributed by atoms with Gasteiger partial charge in [0.25, 0.3) is 0 Å². The molecule has 19 heavy (non-hydrogen) atoms. The van der Waals surface area contributed by atoms with E-state index in [1.54, 1.807) is 0 Å². The van der Waals surface area contributed by atoms with Crippen LogP contribution in [-0.2, 0) is 9.53 Å². The van der Waals surface area contributed by atoms with Crippen molar-refractivity contribution in [3.63, 3.8) is 0 Å². The number of nitrogens with one attached hydrogen (secondary N) is 1. The largest absolute Gasteiger partial charge is 0.381 e. The number of nitrogens with two attached hydrogens (primary N) is 1. The van der Waals surface area contributed by atoms with E-state index < -0.39 is 0 Å². The first-order chi connectivity index (χ1) is 9.18. The van der Waals surface area contributed by atoms with Crippen molar-refractivity contribution in [2.45, 2.75) is 52.4 Å². The first-order valence-corrected chi connectivity index (χ1v) is 7.74. The van der Waals surface area contributed by atoms with E-state index in [2.05, 4.69) is 19.2 Å². The van der Waals surface area contributed by atoms with Crippen LogP contribution in [0.5, 0.6) is 0 Å². The van der Waals surface area contributed by atoms with Crippen molar-refractivity contribution in [3.8, 4) is 0 Å². The van der Waals surface area contributed by atoms with Gasteiger partial charge >= 0.3 is 0 Å². The second kappa shape index (κ2) is 8.54. The van der Waals surface area contributed by atoms with Crippen LogP contribution in [0.1, 0.15) is 52.4 Å². The molecule has 0 saturated carbocycles. The van der Waals surface area contributed by atoms with Crippen LogP contribution in [0.2, 0.25) is 0 Å². The lowest BCUT2D eigenvalue weighted by molar-refractivity contribution is -0.131. The Hall–Kier alpha value is -0.610. The van der Waals surface area contributed by atoms with Crippen LogP contribution >= 0.6 is 0 Å². The van der Waals surface area contributed by atoms with Crippen molar-refractivity contribution < 1.29 is 9.53 Å². The molecule has 1 aliphatic heterocycles. The van der Waals surface area contributed by atoms with Gasteiger partial charge in [-0.3, -0.25) is 4.79 Å². The molecule has 4 heteroatoms. The summed E-state index contributed by atoms with van der Waals surface area (Å²) in [4.78, 5) is 12.4. The summed E-state index contributed by atoms with van der Waals surface area (Å²) in [5, 5.41) is 3.10. The van der Waals surface area contributed by atoms with Gasteiger partial charge in [0.2, 0.25) is 5.91 Å². The van der Waals surface area contributed by atoms with Gasteiger partial charge in [-0.05, 0) is 31.6 Å². The number of carbonyl (C=O) groups is 1. The highest BCUT2D eigenvalue weighted by Gasteiger charge is 2.34. The molecule has 4 nitrogen and oxygen atoms in total. The summed E-state index contributed by atoms with van der Waals surface area (Å²) < 4.78 is 5.35. The fraction of sp³-hybridized carbons (Fsp3) is 0.933. The van der Waals surface area contributed by atoms with Gasteiger partial charge in [0.05, 0.1) is 5.41 Å². The molecule has 0 radical (unpaired) electrons. The summed E-state index contributed by atoms with van der Waals surface area (Å²) in [6, 6.07) is 0. The summed E-state index contributed by atoms with van der Waals surface area (Å²) in [6.45, 7) is 7.15. The van der Waals surface area contributed by atoms with Gasteiger partial charge in [0.1, 0.15) is 0 Å². The van der Waals surface area contributed by atoms with Crippen molar-refractivity contribution in [3.05, 3.63) is 0 Å². The third kappa shape index (κ3) is 4.77. The van der Waals surface area contributed by atoms with Crippen molar-refractivity contribution in [1.29, 1.82) is 0 Å². The van der Waals surface area contributed by atoms with Gasteiger partial charge in [-0.2, -0.15) is 0 Å². The Morgan fingerprint density at radius 1 is 1.37 bits per heavy atom. The van der Waals surface area contributed by atoms with Gasteiger partial charge in [-0.1, -0.05) is 26.7 Å². The van der Waals surface area contributed by atoms with E-state index in [1.165, 1.54) is 0 Å². The van der Waals surface area contributed by atoms with Gasteiger partial charge in [0, 0.05) is 26.3 Å². The minimum atomic E-state index is -0.352. The van der Waals surface area contributed by atoms with Gasteiger partial charge < -0.3 is 15.8 Å². The van der Waals surface area contributed by atoms with Crippen LogP contribution in [0.3, 0.4) is 0 Å². The van der Waals surface area contributed by atoms with Crippen LogP contribution in [0.25, 0.3) is 0 Å². The molecule has 1 aliphatic rings. The van der Waals surface area contributed by atoms with E-state index in [1.807, 2.05) is 0 Å². The Morgan fingerprint density at radius 2 is 2.05 bits per heavy atom. The smallest absolute Gasteiger partial charge is 0.227 e. The maximum absolute atomic E-state index is 12.4. The lowest BCUT2D eigenvalue weighted by Gasteiger charge is -2.30. The molecule has 1 heterocycles. The third-order valence-corrected chi connectivity index (χ3v) is 4.19. The maximum Gasteiger partial charge on any atom is 0.227 e. The Morgan fingerprint density at radius 3 is 2.53 bits per heavy atom. The monoisotopic (exact) mass is 270 g/mol. The number of ether oxygens (including phenoxy) is 1. The number of hydrogen-bond acceptors (Lipinski definition) is 3. The van der Waals surface area contributed by atoms with Crippen LogP contribution in [0.15, 0.2) is 0 Å². The summed E-state index contributed by atoms with van der Waals surface area (Å²) in [7, 11) is 0. The normalized spacial score (nSPS) is 19.6. The average Bonchev–Trinajstić information content (AvgIpc) is 2.91. The molecule has 0 aromatic rings.